The van der Waals surface area contributed by atoms with Gasteiger partial charge in [-0.05, 0) is 30.2 Å². The number of amides is 2. The number of hydrogen-bond donors (Lipinski definition) is 3. The Hall–Kier alpha value is -1.88. The maximum Gasteiger partial charge on any atom is 0.239 e. The molecule has 2 rings (SSSR count). The summed E-state index contributed by atoms with van der Waals surface area (Å²) >= 11 is 0. The Bertz CT molecular complexity index is 516. The van der Waals surface area contributed by atoms with Gasteiger partial charge in [-0.3, -0.25) is 9.59 Å². The molecule has 0 spiro atoms. The Morgan fingerprint density at radius 2 is 1.95 bits per heavy atom. The average molecular weight is 303 g/mol. The van der Waals surface area contributed by atoms with E-state index in [1.807, 2.05) is 32.0 Å². The fraction of sp³-hybridized carbons (Fsp3) is 0.529. The summed E-state index contributed by atoms with van der Waals surface area (Å²) in [4.78, 5) is 23.5. The molecule has 4 N–H and O–H groups in total. The maximum atomic E-state index is 11.8. The number of nitrogens with two attached hydrogens (primary N) is 1. The van der Waals surface area contributed by atoms with Gasteiger partial charge in [0.25, 0.3) is 0 Å². The number of carbonyl (C=O) groups is 2. The maximum absolute atomic E-state index is 11.8. The van der Waals surface area contributed by atoms with Gasteiger partial charge in [0, 0.05) is 6.04 Å². The highest BCUT2D eigenvalue weighted by molar-refractivity contribution is 5.87. The second-order valence-electron chi connectivity index (χ2n) is 6.35. The molecule has 2 amide bonds. The zero-order valence-corrected chi connectivity index (χ0v) is 13.2. The van der Waals surface area contributed by atoms with Crippen molar-refractivity contribution in [3.05, 3.63) is 35.9 Å². The van der Waals surface area contributed by atoms with Crippen molar-refractivity contribution in [2.45, 2.75) is 38.8 Å². The van der Waals surface area contributed by atoms with Gasteiger partial charge in [-0.25, -0.2) is 0 Å². The van der Waals surface area contributed by atoms with E-state index in [9.17, 15) is 9.59 Å². The van der Waals surface area contributed by atoms with Gasteiger partial charge in [-0.2, -0.15) is 0 Å². The predicted molar refractivity (Wildman–Crippen MR) is 86.0 cm³/mol. The molecule has 1 aromatic rings. The van der Waals surface area contributed by atoms with Crippen molar-refractivity contribution in [3.8, 4) is 0 Å². The molecular weight excluding hydrogens is 278 g/mol. The van der Waals surface area contributed by atoms with Crippen molar-refractivity contribution in [1.29, 1.82) is 0 Å². The Morgan fingerprint density at radius 1 is 1.27 bits per heavy atom. The van der Waals surface area contributed by atoms with E-state index in [-0.39, 0.29) is 30.3 Å². The largest absolute Gasteiger partial charge is 0.352 e. The zero-order chi connectivity index (χ0) is 16.1. The van der Waals surface area contributed by atoms with E-state index in [1.54, 1.807) is 0 Å². The van der Waals surface area contributed by atoms with Crippen LogP contribution in [0.3, 0.4) is 0 Å². The Labute approximate surface area is 131 Å². The summed E-state index contributed by atoms with van der Waals surface area (Å²) in [7, 11) is 0. The van der Waals surface area contributed by atoms with Crippen LogP contribution in [-0.2, 0) is 16.0 Å². The van der Waals surface area contributed by atoms with Crippen LogP contribution in [0.15, 0.2) is 30.3 Å². The number of hydrogen-bond acceptors (Lipinski definition) is 3. The molecule has 3 atom stereocenters. The topological polar surface area (TPSA) is 84.2 Å². The van der Waals surface area contributed by atoms with E-state index in [2.05, 4.69) is 22.8 Å². The van der Waals surface area contributed by atoms with E-state index < -0.39 is 6.04 Å². The average Bonchev–Trinajstić information content (AvgIpc) is 3.22. The lowest BCUT2D eigenvalue weighted by atomic mass is 10.1. The lowest BCUT2D eigenvalue weighted by molar-refractivity contribution is -0.127. The first kappa shape index (κ1) is 16.5. The van der Waals surface area contributed by atoms with Crippen LogP contribution in [0.4, 0.5) is 0 Å². The van der Waals surface area contributed by atoms with E-state index in [0.717, 1.165) is 12.8 Å². The van der Waals surface area contributed by atoms with Crippen molar-refractivity contribution in [2.75, 3.05) is 6.54 Å². The van der Waals surface area contributed by atoms with Crippen LogP contribution in [0.1, 0.15) is 25.8 Å². The molecular formula is C17H25N3O2. The van der Waals surface area contributed by atoms with Gasteiger partial charge in [0.05, 0.1) is 12.6 Å². The van der Waals surface area contributed by atoms with Gasteiger partial charge in [-0.1, -0.05) is 44.2 Å². The normalized spacial score (nSPS) is 21.3. The van der Waals surface area contributed by atoms with Crippen LogP contribution in [-0.4, -0.2) is 30.4 Å². The van der Waals surface area contributed by atoms with Crippen molar-refractivity contribution in [2.24, 2.45) is 17.6 Å². The Morgan fingerprint density at radius 3 is 2.59 bits per heavy atom. The standard InChI is InChI=1S/C17H25N3O2/c1-11(2)16(18)17(22)19-10-15(21)20-14-9-13(14)8-12-6-4-3-5-7-12/h3-7,11,13-14,16H,8-10,18H2,1-2H3,(H,19,22)(H,20,21)/t13?,14?,16-/m0/s1. The first-order valence-corrected chi connectivity index (χ1v) is 7.84. The van der Waals surface area contributed by atoms with Crippen LogP contribution in [0.25, 0.3) is 0 Å². The molecule has 5 heteroatoms. The summed E-state index contributed by atoms with van der Waals surface area (Å²) in [5.41, 5.74) is 7.02. The summed E-state index contributed by atoms with van der Waals surface area (Å²) in [5, 5.41) is 5.54. The van der Waals surface area contributed by atoms with Crippen LogP contribution >= 0.6 is 0 Å². The second-order valence-corrected chi connectivity index (χ2v) is 6.35. The van der Waals surface area contributed by atoms with Crippen LogP contribution in [0.5, 0.6) is 0 Å². The van der Waals surface area contributed by atoms with Gasteiger partial charge >= 0.3 is 0 Å². The van der Waals surface area contributed by atoms with E-state index in [1.165, 1.54) is 5.56 Å². The summed E-state index contributed by atoms with van der Waals surface area (Å²) < 4.78 is 0. The minimum Gasteiger partial charge on any atom is -0.352 e. The quantitative estimate of drug-likeness (QED) is 0.697. The molecule has 0 aromatic heterocycles. The highest BCUT2D eigenvalue weighted by Gasteiger charge is 2.37. The molecule has 22 heavy (non-hydrogen) atoms. The number of carbonyl (C=O) groups excluding carboxylic acids is 2. The van der Waals surface area contributed by atoms with Crippen LogP contribution in [0.2, 0.25) is 0 Å². The Balaban J connectivity index is 1.66. The third-order valence-electron chi connectivity index (χ3n) is 4.05. The molecule has 1 fully saturated rings. The first-order chi connectivity index (χ1) is 10.5. The fourth-order valence-corrected chi connectivity index (χ4v) is 2.41. The lowest BCUT2D eigenvalue weighted by Gasteiger charge is -2.15. The summed E-state index contributed by atoms with van der Waals surface area (Å²) in [5.74, 6) is 0.133. The molecule has 120 valence electrons. The highest BCUT2D eigenvalue weighted by Crippen LogP contribution is 2.33. The van der Waals surface area contributed by atoms with Crippen molar-refractivity contribution < 1.29 is 9.59 Å². The molecule has 2 unspecified atom stereocenters. The summed E-state index contributed by atoms with van der Waals surface area (Å²) in [6.45, 7) is 3.75. The van der Waals surface area contributed by atoms with Gasteiger partial charge < -0.3 is 16.4 Å². The third kappa shape index (κ3) is 4.84. The summed E-state index contributed by atoms with van der Waals surface area (Å²) in [6.07, 6.45) is 1.98. The molecule has 0 aliphatic heterocycles. The second kappa shape index (κ2) is 7.40. The van der Waals surface area contributed by atoms with Gasteiger partial charge in [0.2, 0.25) is 11.8 Å². The van der Waals surface area contributed by atoms with Crippen LogP contribution in [0, 0.1) is 11.8 Å². The number of nitrogens with one attached hydrogen (secondary N) is 2. The predicted octanol–water partition coefficient (Wildman–Crippen LogP) is 0.833. The van der Waals surface area contributed by atoms with Gasteiger partial charge in [0.1, 0.15) is 0 Å². The molecule has 0 bridgehead atoms. The molecule has 0 heterocycles. The Kier molecular flexibility index (Phi) is 5.55. The van der Waals surface area contributed by atoms with E-state index >= 15 is 0 Å². The molecule has 0 saturated heterocycles. The van der Waals surface area contributed by atoms with Gasteiger partial charge in [-0.15, -0.1) is 0 Å². The SMILES string of the molecule is CC(C)[C@H](N)C(=O)NCC(=O)NC1CC1Cc1ccccc1. The third-order valence-corrected chi connectivity index (χ3v) is 4.05. The van der Waals surface area contributed by atoms with Crippen molar-refractivity contribution in [1.82, 2.24) is 10.6 Å². The number of benzene rings is 1. The minimum atomic E-state index is -0.570. The number of rotatable bonds is 7. The van der Waals surface area contributed by atoms with Crippen molar-refractivity contribution in [3.63, 3.8) is 0 Å². The fourth-order valence-electron chi connectivity index (χ4n) is 2.41. The molecule has 5 nitrogen and oxygen atoms in total. The molecule has 1 aliphatic carbocycles. The van der Waals surface area contributed by atoms with E-state index in [0.29, 0.717) is 5.92 Å². The molecule has 0 radical (unpaired) electrons. The van der Waals surface area contributed by atoms with Gasteiger partial charge in [0.15, 0.2) is 0 Å². The minimum absolute atomic E-state index is 0.00614. The molecule has 1 aromatic carbocycles. The first-order valence-electron chi connectivity index (χ1n) is 7.84. The van der Waals surface area contributed by atoms with Crippen LogP contribution < -0.4 is 16.4 Å². The zero-order valence-electron chi connectivity index (χ0n) is 13.2. The molecule has 1 aliphatic rings. The van der Waals surface area contributed by atoms with E-state index in [4.69, 9.17) is 5.73 Å². The molecule has 1 saturated carbocycles. The smallest absolute Gasteiger partial charge is 0.239 e. The lowest BCUT2D eigenvalue weighted by Crippen LogP contribution is -2.47. The van der Waals surface area contributed by atoms with Crippen molar-refractivity contribution >= 4 is 11.8 Å². The monoisotopic (exact) mass is 303 g/mol. The summed E-state index contributed by atoms with van der Waals surface area (Å²) in [6, 6.07) is 9.91. The highest BCUT2D eigenvalue weighted by atomic mass is 16.2.